The second-order valence-electron chi connectivity index (χ2n) is 5.07. The average molecular weight is 371 g/mol. The molecule has 0 N–H and O–H groups in total. The summed E-state index contributed by atoms with van der Waals surface area (Å²) in [6.07, 6.45) is 0. The van der Waals surface area contributed by atoms with Gasteiger partial charge in [-0.25, -0.2) is 4.79 Å². The van der Waals surface area contributed by atoms with Crippen LogP contribution in [0.2, 0.25) is 0 Å². The van der Waals surface area contributed by atoms with Crippen molar-refractivity contribution >= 4 is 32.7 Å². The molecule has 0 bridgehead atoms. The first-order valence-corrected chi connectivity index (χ1v) is 7.95. The van der Waals surface area contributed by atoms with E-state index in [2.05, 4.69) is 15.9 Å². The van der Waals surface area contributed by atoms with Crippen LogP contribution in [0.15, 0.2) is 65.1 Å². The molecule has 0 aromatic heterocycles. The number of benzene rings is 3. The normalized spacial score (nSPS) is 10.5. The van der Waals surface area contributed by atoms with Crippen molar-refractivity contribution in [2.24, 2.45) is 0 Å². The molecule has 0 aliphatic rings. The number of hydrogen-bond donors (Lipinski definition) is 0. The average Bonchev–Trinajstić information content (AvgIpc) is 2.59. The summed E-state index contributed by atoms with van der Waals surface area (Å²) in [5.41, 5.74) is 1.56. The lowest BCUT2D eigenvalue weighted by molar-refractivity contribution is 0.0602. The summed E-state index contributed by atoms with van der Waals surface area (Å²) in [5.74, 6) is 0.284. The predicted octanol–water partition coefficient (Wildman–Crippen LogP) is 4.97. The third kappa shape index (κ3) is 3.37. The van der Waals surface area contributed by atoms with Gasteiger partial charge in [-0.05, 0) is 29.1 Å². The molecule has 3 aromatic rings. The summed E-state index contributed by atoms with van der Waals surface area (Å²) in [7, 11) is 1.38. The maximum Gasteiger partial charge on any atom is 0.338 e. The molecule has 0 fully saturated rings. The van der Waals surface area contributed by atoms with Gasteiger partial charge in [0.2, 0.25) is 0 Å². The summed E-state index contributed by atoms with van der Waals surface area (Å²) >= 11 is 3.43. The van der Waals surface area contributed by atoms with E-state index < -0.39 is 0 Å². The molecule has 0 aliphatic heterocycles. The third-order valence-electron chi connectivity index (χ3n) is 3.55. The second kappa shape index (κ2) is 6.84. The molecule has 0 aliphatic carbocycles. The van der Waals surface area contributed by atoms with Crippen molar-refractivity contribution in [3.05, 3.63) is 76.3 Å². The summed E-state index contributed by atoms with van der Waals surface area (Å²) in [6, 6.07) is 19.3. The maximum atomic E-state index is 12.1. The van der Waals surface area contributed by atoms with Crippen LogP contribution in [0.4, 0.5) is 0 Å². The molecule has 0 atom stereocenters. The highest BCUT2D eigenvalue weighted by atomic mass is 79.9. The van der Waals surface area contributed by atoms with Crippen LogP contribution in [0.25, 0.3) is 10.8 Å². The number of ether oxygens (including phenoxy) is 2. The molecule has 0 unspecified atom stereocenters. The Morgan fingerprint density at radius 1 is 1.04 bits per heavy atom. The zero-order valence-electron chi connectivity index (χ0n) is 12.6. The van der Waals surface area contributed by atoms with Crippen LogP contribution < -0.4 is 4.74 Å². The van der Waals surface area contributed by atoms with Crippen molar-refractivity contribution in [3.8, 4) is 5.75 Å². The van der Waals surface area contributed by atoms with E-state index in [1.165, 1.54) is 7.11 Å². The highest BCUT2D eigenvalue weighted by molar-refractivity contribution is 9.10. The molecule has 3 aromatic carbocycles. The van der Waals surface area contributed by atoms with E-state index in [1.54, 1.807) is 6.07 Å². The molecule has 0 saturated heterocycles. The van der Waals surface area contributed by atoms with E-state index in [-0.39, 0.29) is 5.97 Å². The number of methoxy groups -OCH3 is 1. The van der Waals surface area contributed by atoms with E-state index in [4.69, 9.17) is 9.47 Å². The van der Waals surface area contributed by atoms with Crippen molar-refractivity contribution in [3.63, 3.8) is 0 Å². The molecular formula is C19H15BrO3. The zero-order chi connectivity index (χ0) is 16.2. The second-order valence-corrected chi connectivity index (χ2v) is 5.99. The van der Waals surface area contributed by atoms with E-state index in [1.807, 2.05) is 54.6 Å². The van der Waals surface area contributed by atoms with Crippen molar-refractivity contribution in [1.29, 1.82) is 0 Å². The molecule has 3 rings (SSSR count). The topological polar surface area (TPSA) is 35.5 Å². The number of esters is 1. The number of hydrogen-bond acceptors (Lipinski definition) is 3. The minimum absolute atomic E-state index is 0.382. The highest BCUT2D eigenvalue weighted by Gasteiger charge is 2.15. The van der Waals surface area contributed by atoms with E-state index in [0.29, 0.717) is 17.9 Å². The van der Waals surface area contributed by atoms with Crippen LogP contribution in [0.1, 0.15) is 15.9 Å². The molecule has 3 nitrogen and oxygen atoms in total. The van der Waals surface area contributed by atoms with Crippen molar-refractivity contribution in [2.45, 2.75) is 6.61 Å². The fraction of sp³-hybridized carbons (Fsp3) is 0.105. The summed E-state index contributed by atoms with van der Waals surface area (Å²) in [6.45, 7) is 0.441. The SMILES string of the molecule is COC(=O)c1cc(Br)cc2cccc(OCc3ccccc3)c12. The van der Waals surface area contributed by atoms with Crippen LogP contribution in [-0.4, -0.2) is 13.1 Å². The Kier molecular flexibility index (Phi) is 4.63. The molecule has 4 heteroatoms. The zero-order valence-corrected chi connectivity index (χ0v) is 14.2. The van der Waals surface area contributed by atoms with Crippen LogP contribution in [0, 0.1) is 0 Å². The fourth-order valence-corrected chi connectivity index (χ4v) is 2.96. The Morgan fingerprint density at radius 2 is 1.83 bits per heavy atom. The predicted molar refractivity (Wildman–Crippen MR) is 93.8 cm³/mol. The molecule has 0 saturated carbocycles. The van der Waals surface area contributed by atoms with Gasteiger partial charge in [-0.3, -0.25) is 0 Å². The molecule has 0 spiro atoms. The van der Waals surface area contributed by atoms with Gasteiger partial charge in [-0.15, -0.1) is 0 Å². The minimum atomic E-state index is -0.382. The number of carbonyl (C=O) groups excluding carboxylic acids is 1. The van der Waals surface area contributed by atoms with Gasteiger partial charge in [0.1, 0.15) is 12.4 Å². The molecule has 0 amide bonds. The van der Waals surface area contributed by atoms with Gasteiger partial charge in [0, 0.05) is 9.86 Å². The molecular weight excluding hydrogens is 356 g/mol. The van der Waals surface area contributed by atoms with Crippen molar-refractivity contribution in [2.75, 3.05) is 7.11 Å². The van der Waals surface area contributed by atoms with Crippen molar-refractivity contribution in [1.82, 2.24) is 0 Å². The van der Waals surface area contributed by atoms with Gasteiger partial charge in [0.25, 0.3) is 0 Å². The van der Waals surface area contributed by atoms with Crippen LogP contribution in [-0.2, 0) is 11.3 Å². The first kappa shape index (κ1) is 15.6. The van der Waals surface area contributed by atoms with E-state index in [0.717, 1.165) is 20.8 Å². The Bertz CT molecular complexity index is 844. The van der Waals surface area contributed by atoms with E-state index in [9.17, 15) is 4.79 Å². The molecule has 0 radical (unpaired) electrons. The number of halogens is 1. The van der Waals surface area contributed by atoms with Crippen LogP contribution in [0.5, 0.6) is 5.75 Å². The lowest BCUT2D eigenvalue weighted by Crippen LogP contribution is -2.04. The Labute approximate surface area is 143 Å². The highest BCUT2D eigenvalue weighted by Crippen LogP contribution is 2.32. The largest absolute Gasteiger partial charge is 0.488 e. The molecule has 0 heterocycles. The first-order valence-electron chi connectivity index (χ1n) is 7.16. The number of fused-ring (bicyclic) bond motifs is 1. The summed E-state index contributed by atoms with van der Waals surface area (Å²) in [5, 5.41) is 1.68. The minimum Gasteiger partial charge on any atom is -0.488 e. The quantitative estimate of drug-likeness (QED) is 0.608. The standard InChI is InChI=1S/C19H15BrO3/c1-22-19(21)16-11-15(20)10-14-8-5-9-17(18(14)16)23-12-13-6-3-2-4-7-13/h2-11H,12H2,1H3. The van der Waals surface area contributed by atoms with Gasteiger partial charge >= 0.3 is 5.97 Å². The van der Waals surface area contributed by atoms with Crippen LogP contribution in [0.3, 0.4) is 0 Å². The van der Waals surface area contributed by atoms with Gasteiger partial charge in [-0.2, -0.15) is 0 Å². The third-order valence-corrected chi connectivity index (χ3v) is 4.00. The van der Waals surface area contributed by atoms with Gasteiger partial charge < -0.3 is 9.47 Å². The first-order chi connectivity index (χ1) is 11.2. The fourth-order valence-electron chi connectivity index (χ4n) is 2.48. The summed E-state index contributed by atoms with van der Waals surface area (Å²) < 4.78 is 11.7. The molecule has 23 heavy (non-hydrogen) atoms. The van der Waals surface area contributed by atoms with Gasteiger partial charge in [0.05, 0.1) is 12.7 Å². The summed E-state index contributed by atoms with van der Waals surface area (Å²) in [4.78, 5) is 12.1. The Morgan fingerprint density at radius 3 is 2.57 bits per heavy atom. The van der Waals surface area contributed by atoms with Gasteiger partial charge in [0.15, 0.2) is 0 Å². The number of carbonyl (C=O) groups is 1. The lowest BCUT2D eigenvalue weighted by Gasteiger charge is -2.13. The maximum absolute atomic E-state index is 12.1. The van der Waals surface area contributed by atoms with Gasteiger partial charge in [-0.1, -0.05) is 58.4 Å². The van der Waals surface area contributed by atoms with E-state index >= 15 is 0 Å². The Balaban J connectivity index is 2.04. The van der Waals surface area contributed by atoms with Crippen molar-refractivity contribution < 1.29 is 14.3 Å². The smallest absolute Gasteiger partial charge is 0.338 e. The monoisotopic (exact) mass is 370 g/mol. The molecule has 116 valence electrons. The lowest BCUT2D eigenvalue weighted by atomic mass is 10.0. The van der Waals surface area contributed by atoms with Crippen LogP contribution >= 0.6 is 15.9 Å². The number of rotatable bonds is 4. The Hall–Kier alpha value is -2.33.